The number of esters is 1. The zero-order valence-electron chi connectivity index (χ0n) is 9.29. The van der Waals surface area contributed by atoms with E-state index in [-0.39, 0.29) is 5.97 Å². The minimum atomic E-state index is -0.116. The Morgan fingerprint density at radius 3 is 2.64 bits per heavy atom. The summed E-state index contributed by atoms with van der Waals surface area (Å²) < 4.78 is 4.67. The average Bonchev–Trinajstić information content (AvgIpc) is 2.98. The molecule has 0 unspecified atom stereocenters. The quantitative estimate of drug-likeness (QED) is 0.584. The van der Waals surface area contributed by atoms with Gasteiger partial charge < -0.3 is 4.74 Å². The Hall–Kier alpha value is -0.570. The monoisotopic (exact) mass is 199 g/mol. The number of hydrogen-bond donors (Lipinski definition) is 0. The van der Waals surface area contributed by atoms with Crippen LogP contribution in [0.2, 0.25) is 0 Å². The van der Waals surface area contributed by atoms with E-state index in [2.05, 4.69) is 16.6 Å². The summed E-state index contributed by atoms with van der Waals surface area (Å²) >= 11 is 0. The van der Waals surface area contributed by atoms with Crippen molar-refractivity contribution in [2.24, 2.45) is 5.92 Å². The molecule has 82 valence electrons. The van der Waals surface area contributed by atoms with E-state index in [1.807, 2.05) is 0 Å². The van der Waals surface area contributed by atoms with E-state index < -0.39 is 0 Å². The number of rotatable bonds is 7. The number of methoxy groups -OCH3 is 1. The predicted octanol–water partition coefficient (Wildman–Crippen LogP) is 1.67. The normalized spacial score (nSPS) is 15.9. The number of carbonyl (C=O) groups is 1. The molecule has 1 saturated carbocycles. The lowest BCUT2D eigenvalue weighted by molar-refractivity contribution is -0.141. The van der Waals surface area contributed by atoms with Crippen molar-refractivity contribution >= 4 is 5.97 Å². The maximum atomic E-state index is 11.1. The van der Waals surface area contributed by atoms with Crippen LogP contribution in [-0.2, 0) is 9.53 Å². The van der Waals surface area contributed by atoms with Crippen molar-refractivity contribution in [1.29, 1.82) is 0 Å². The van der Waals surface area contributed by atoms with E-state index in [9.17, 15) is 4.79 Å². The Balaban J connectivity index is 2.17. The third-order valence-corrected chi connectivity index (χ3v) is 2.67. The van der Waals surface area contributed by atoms with E-state index in [0.717, 1.165) is 25.4 Å². The average molecular weight is 199 g/mol. The number of hydrogen-bond acceptors (Lipinski definition) is 3. The van der Waals surface area contributed by atoms with Crippen molar-refractivity contribution in [3.8, 4) is 0 Å². The molecule has 0 spiro atoms. The number of carbonyl (C=O) groups excluding carboxylic acids is 1. The van der Waals surface area contributed by atoms with Crippen LogP contribution >= 0.6 is 0 Å². The molecular weight excluding hydrogens is 178 g/mol. The van der Waals surface area contributed by atoms with Gasteiger partial charge in [-0.3, -0.25) is 9.69 Å². The van der Waals surface area contributed by atoms with Crippen molar-refractivity contribution in [2.45, 2.75) is 32.6 Å². The van der Waals surface area contributed by atoms with Crippen LogP contribution in [0.1, 0.15) is 32.6 Å². The molecular formula is C11H21NO2. The fraction of sp³-hybridized carbons (Fsp3) is 0.909. The van der Waals surface area contributed by atoms with Crippen LogP contribution in [-0.4, -0.2) is 37.6 Å². The van der Waals surface area contributed by atoms with Gasteiger partial charge >= 0.3 is 5.97 Å². The summed E-state index contributed by atoms with van der Waals surface area (Å²) in [7, 11) is 1.45. The van der Waals surface area contributed by atoms with E-state index in [0.29, 0.717) is 6.54 Å². The van der Waals surface area contributed by atoms with Gasteiger partial charge in [0.15, 0.2) is 0 Å². The second kappa shape index (κ2) is 6.02. The second-order valence-corrected chi connectivity index (χ2v) is 4.08. The number of nitrogens with zero attached hydrogens (tertiary/aromatic N) is 1. The molecule has 14 heavy (non-hydrogen) atoms. The van der Waals surface area contributed by atoms with Crippen LogP contribution in [0.25, 0.3) is 0 Å². The molecule has 0 N–H and O–H groups in total. The molecule has 3 heteroatoms. The van der Waals surface area contributed by atoms with E-state index in [1.165, 1.54) is 26.4 Å². The highest BCUT2D eigenvalue weighted by atomic mass is 16.5. The second-order valence-electron chi connectivity index (χ2n) is 4.08. The summed E-state index contributed by atoms with van der Waals surface area (Å²) in [5, 5.41) is 0. The number of ether oxygens (including phenoxy) is 1. The first-order chi connectivity index (χ1) is 6.76. The van der Waals surface area contributed by atoms with Crippen LogP contribution in [0.5, 0.6) is 0 Å². The molecule has 0 heterocycles. The van der Waals surface area contributed by atoms with Crippen LogP contribution in [0.3, 0.4) is 0 Å². The van der Waals surface area contributed by atoms with Gasteiger partial charge in [0.2, 0.25) is 0 Å². The molecule has 0 radical (unpaired) electrons. The van der Waals surface area contributed by atoms with Crippen molar-refractivity contribution in [3.05, 3.63) is 0 Å². The van der Waals surface area contributed by atoms with Gasteiger partial charge in [0, 0.05) is 0 Å². The van der Waals surface area contributed by atoms with Gasteiger partial charge in [-0.25, -0.2) is 0 Å². The van der Waals surface area contributed by atoms with Crippen LogP contribution in [0.15, 0.2) is 0 Å². The van der Waals surface area contributed by atoms with Crippen LogP contribution in [0, 0.1) is 5.92 Å². The van der Waals surface area contributed by atoms with E-state index >= 15 is 0 Å². The first-order valence-corrected chi connectivity index (χ1v) is 5.55. The van der Waals surface area contributed by atoms with Gasteiger partial charge in [-0.15, -0.1) is 0 Å². The highest BCUT2D eigenvalue weighted by Crippen LogP contribution is 2.32. The van der Waals surface area contributed by atoms with Crippen LogP contribution < -0.4 is 0 Å². The molecule has 3 nitrogen and oxygen atoms in total. The summed E-state index contributed by atoms with van der Waals surface area (Å²) in [5.74, 6) is 0.821. The molecule has 1 rings (SSSR count). The maximum Gasteiger partial charge on any atom is 0.319 e. The summed E-state index contributed by atoms with van der Waals surface area (Å²) in [6.07, 6.45) is 5.12. The molecule has 1 aliphatic rings. The molecule has 0 aliphatic heterocycles. The Morgan fingerprint density at radius 2 is 2.14 bits per heavy atom. The topological polar surface area (TPSA) is 29.5 Å². The zero-order chi connectivity index (χ0) is 10.4. The van der Waals surface area contributed by atoms with E-state index in [1.54, 1.807) is 0 Å². The molecule has 0 aromatic carbocycles. The molecule has 0 atom stereocenters. The Bertz CT molecular complexity index is 178. The Kier molecular flexibility index (Phi) is 4.94. The highest BCUT2D eigenvalue weighted by molar-refractivity contribution is 5.71. The zero-order valence-corrected chi connectivity index (χ0v) is 9.29. The highest BCUT2D eigenvalue weighted by Gasteiger charge is 2.22. The fourth-order valence-electron chi connectivity index (χ4n) is 1.60. The molecule has 1 aliphatic carbocycles. The molecule has 0 aromatic rings. The van der Waals surface area contributed by atoms with Crippen molar-refractivity contribution < 1.29 is 9.53 Å². The fourth-order valence-corrected chi connectivity index (χ4v) is 1.60. The van der Waals surface area contributed by atoms with Gasteiger partial charge in [0.1, 0.15) is 0 Å². The Morgan fingerprint density at radius 1 is 1.43 bits per heavy atom. The lowest BCUT2D eigenvalue weighted by Gasteiger charge is -2.19. The minimum absolute atomic E-state index is 0.116. The summed E-state index contributed by atoms with van der Waals surface area (Å²) in [6, 6.07) is 0. The van der Waals surface area contributed by atoms with Crippen LogP contribution in [0.4, 0.5) is 0 Å². The van der Waals surface area contributed by atoms with Gasteiger partial charge in [0.05, 0.1) is 13.7 Å². The van der Waals surface area contributed by atoms with Gasteiger partial charge in [0.25, 0.3) is 0 Å². The standard InChI is InChI=1S/C11H21NO2/c1-3-7-12(9-11(13)14-2)8-6-10-4-5-10/h10H,3-9H2,1-2H3. The summed E-state index contributed by atoms with van der Waals surface area (Å²) in [4.78, 5) is 13.3. The molecule has 0 amide bonds. The van der Waals surface area contributed by atoms with Gasteiger partial charge in [-0.05, 0) is 31.8 Å². The Labute approximate surface area is 86.4 Å². The first kappa shape index (κ1) is 11.5. The molecule has 0 aromatic heterocycles. The summed E-state index contributed by atoms with van der Waals surface area (Å²) in [6.45, 7) is 4.65. The van der Waals surface area contributed by atoms with Crippen molar-refractivity contribution in [2.75, 3.05) is 26.7 Å². The lowest BCUT2D eigenvalue weighted by Crippen LogP contribution is -2.32. The molecule has 0 saturated heterocycles. The van der Waals surface area contributed by atoms with Gasteiger partial charge in [-0.2, -0.15) is 0 Å². The SMILES string of the molecule is CCCN(CCC1CC1)CC(=O)OC. The lowest BCUT2D eigenvalue weighted by atomic mass is 10.2. The van der Waals surface area contributed by atoms with Crippen molar-refractivity contribution in [3.63, 3.8) is 0 Å². The summed E-state index contributed by atoms with van der Waals surface area (Å²) in [5.41, 5.74) is 0. The van der Waals surface area contributed by atoms with Crippen molar-refractivity contribution in [1.82, 2.24) is 4.90 Å². The predicted molar refractivity (Wildman–Crippen MR) is 56.1 cm³/mol. The third-order valence-electron chi connectivity index (χ3n) is 2.67. The smallest absolute Gasteiger partial charge is 0.319 e. The molecule has 0 bridgehead atoms. The molecule has 1 fully saturated rings. The minimum Gasteiger partial charge on any atom is -0.468 e. The third kappa shape index (κ3) is 4.61. The van der Waals surface area contributed by atoms with E-state index in [4.69, 9.17) is 0 Å². The van der Waals surface area contributed by atoms with Gasteiger partial charge in [-0.1, -0.05) is 19.8 Å². The first-order valence-electron chi connectivity index (χ1n) is 5.55. The largest absolute Gasteiger partial charge is 0.468 e. The maximum absolute atomic E-state index is 11.1.